The summed E-state index contributed by atoms with van der Waals surface area (Å²) in [6.07, 6.45) is 0. The SMILES string of the molecule is Cc1n[nH]c(=O)n1N. The topological polar surface area (TPSA) is 76.7 Å². The summed E-state index contributed by atoms with van der Waals surface area (Å²) in [6, 6.07) is 0. The van der Waals surface area contributed by atoms with E-state index in [1.54, 1.807) is 6.92 Å². The van der Waals surface area contributed by atoms with Gasteiger partial charge < -0.3 is 5.84 Å². The van der Waals surface area contributed by atoms with Gasteiger partial charge in [0.2, 0.25) is 0 Å². The molecule has 8 heavy (non-hydrogen) atoms. The Morgan fingerprint density at radius 2 is 2.50 bits per heavy atom. The minimum Gasteiger partial charge on any atom is -0.333 e. The lowest BCUT2D eigenvalue weighted by Crippen LogP contribution is -2.25. The first-order chi connectivity index (χ1) is 3.72. The molecular formula is C3H6N4O. The van der Waals surface area contributed by atoms with Crippen LogP contribution in [0, 0.1) is 6.92 Å². The van der Waals surface area contributed by atoms with E-state index in [2.05, 4.69) is 10.2 Å². The first-order valence-electron chi connectivity index (χ1n) is 2.11. The van der Waals surface area contributed by atoms with Crippen LogP contribution in [-0.4, -0.2) is 14.9 Å². The van der Waals surface area contributed by atoms with E-state index in [0.29, 0.717) is 5.82 Å². The van der Waals surface area contributed by atoms with Crippen molar-refractivity contribution < 1.29 is 0 Å². The van der Waals surface area contributed by atoms with Crippen molar-refractivity contribution in [2.45, 2.75) is 6.92 Å². The maximum Gasteiger partial charge on any atom is 0.361 e. The molecule has 0 aliphatic rings. The molecule has 0 fully saturated rings. The third-order valence-corrected chi connectivity index (χ3v) is 0.881. The number of hydrogen-bond acceptors (Lipinski definition) is 3. The second-order valence-electron chi connectivity index (χ2n) is 1.45. The zero-order valence-corrected chi connectivity index (χ0v) is 4.38. The molecule has 0 aliphatic heterocycles. The molecule has 0 bridgehead atoms. The van der Waals surface area contributed by atoms with Gasteiger partial charge in [-0.1, -0.05) is 0 Å². The van der Waals surface area contributed by atoms with Crippen molar-refractivity contribution in [1.29, 1.82) is 0 Å². The zero-order valence-electron chi connectivity index (χ0n) is 4.38. The summed E-state index contributed by atoms with van der Waals surface area (Å²) in [6.45, 7) is 1.64. The van der Waals surface area contributed by atoms with E-state index >= 15 is 0 Å². The third-order valence-electron chi connectivity index (χ3n) is 0.881. The zero-order chi connectivity index (χ0) is 6.15. The van der Waals surface area contributed by atoms with Gasteiger partial charge in [-0.15, -0.1) is 0 Å². The Morgan fingerprint density at radius 1 is 1.88 bits per heavy atom. The van der Waals surface area contributed by atoms with Crippen LogP contribution in [0.5, 0.6) is 0 Å². The highest BCUT2D eigenvalue weighted by atomic mass is 16.2. The minimum atomic E-state index is -0.387. The van der Waals surface area contributed by atoms with Gasteiger partial charge >= 0.3 is 5.69 Å². The average Bonchev–Trinajstić information content (AvgIpc) is 1.98. The van der Waals surface area contributed by atoms with Gasteiger partial charge in [-0.05, 0) is 6.92 Å². The molecule has 3 N–H and O–H groups in total. The molecule has 0 saturated heterocycles. The summed E-state index contributed by atoms with van der Waals surface area (Å²) in [7, 11) is 0. The Kier molecular flexibility index (Phi) is 0.831. The number of aromatic nitrogens is 3. The van der Waals surface area contributed by atoms with Gasteiger partial charge in [0.1, 0.15) is 5.82 Å². The van der Waals surface area contributed by atoms with Crippen molar-refractivity contribution in [3.8, 4) is 0 Å². The van der Waals surface area contributed by atoms with Gasteiger partial charge in [-0.25, -0.2) is 9.89 Å². The van der Waals surface area contributed by atoms with Crippen molar-refractivity contribution in [2.24, 2.45) is 0 Å². The number of aryl methyl sites for hydroxylation is 1. The lowest BCUT2D eigenvalue weighted by Gasteiger charge is -1.84. The number of nitrogens with two attached hydrogens (primary N) is 1. The van der Waals surface area contributed by atoms with Crippen LogP contribution in [-0.2, 0) is 0 Å². The Morgan fingerprint density at radius 3 is 2.62 bits per heavy atom. The number of nitrogens with one attached hydrogen (secondary N) is 1. The van der Waals surface area contributed by atoms with E-state index in [-0.39, 0.29) is 5.69 Å². The predicted octanol–water partition coefficient (Wildman–Crippen LogP) is -1.41. The van der Waals surface area contributed by atoms with Crippen LogP contribution >= 0.6 is 0 Å². The molecule has 0 amide bonds. The summed E-state index contributed by atoms with van der Waals surface area (Å²) in [5, 5.41) is 5.69. The summed E-state index contributed by atoms with van der Waals surface area (Å²) in [4.78, 5) is 10.4. The van der Waals surface area contributed by atoms with E-state index in [0.717, 1.165) is 4.68 Å². The largest absolute Gasteiger partial charge is 0.361 e. The van der Waals surface area contributed by atoms with Gasteiger partial charge in [0.25, 0.3) is 0 Å². The molecule has 0 unspecified atom stereocenters. The van der Waals surface area contributed by atoms with Crippen molar-refractivity contribution in [3.63, 3.8) is 0 Å². The van der Waals surface area contributed by atoms with E-state index < -0.39 is 0 Å². The Labute approximate surface area is 45.1 Å². The number of hydrogen-bond donors (Lipinski definition) is 2. The van der Waals surface area contributed by atoms with Crippen LogP contribution < -0.4 is 11.5 Å². The van der Waals surface area contributed by atoms with Crippen molar-refractivity contribution in [1.82, 2.24) is 14.9 Å². The summed E-state index contributed by atoms with van der Waals surface area (Å²) in [5.74, 6) is 5.59. The standard InChI is InChI=1S/C3H6N4O/c1-2-5-6-3(8)7(2)4/h4H2,1H3,(H,6,8). The quantitative estimate of drug-likeness (QED) is 0.407. The minimum absolute atomic E-state index is 0.387. The maximum atomic E-state index is 10.4. The van der Waals surface area contributed by atoms with Gasteiger partial charge in [0, 0.05) is 0 Å². The van der Waals surface area contributed by atoms with Crippen LogP contribution in [0.15, 0.2) is 4.79 Å². The van der Waals surface area contributed by atoms with Gasteiger partial charge in [-0.3, -0.25) is 0 Å². The fourth-order valence-electron chi connectivity index (χ4n) is 0.383. The molecule has 44 valence electrons. The highest BCUT2D eigenvalue weighted by molar-refractivity contribution is 4.79. The van der Waals surface area contributed by atoms with Crippen LogP contribution in [0.25, 0.3) is 0 Å². The molecular weight excluding hydrogens is 108 g/mol. The van der Waals surface area contributed by atoms with Gasteiger partial charge in [0.15, 0.2) is 0 Å². The van der Waals surface area contributed by atoms with Crippen LogP contribution in [0.1, 0.15) is 5.82 Å². The summed E-state index contributed by atoms with van der Waals surface area (Å²) in [5.41, 5.74) is -0.387. The molecule has 1 rings (SSSR count). The highest BCUT2D eigenvalue weighted by Gasteiger charge is 1.94. The van der Waals surface area contributed by atoms with E-state index in [1.807, 2.05) is 0 Å². The molecule has 1 aromatic rings. The molecule has 5 nitrogen and oxygen atoms in total. The summed E-state index contributed by atoms with van der Waals surface area (Å²) >= 11 is 0. The van der Waals surface area contributed by atoms with Gasteiger partial charge in [0.05, 0.1) is 0 Å². The molecule has 1 heterocycles. The molecule has 0 saturated carbocycles. The Balaban J connectivity index is 3.41. The smallest absolute Gasteiger partial charge is 0.333 e. The molecule has 0 spiro atoms. The van der Waals surface area contributed by atoms with Crippen molar-refractivity contribution in [2.75, 3.05) is 5.84 Å². The van der Waals surface area contributed by atoms with Crippen LogP contribution in [0.3, 0.4) is 0 Å². The molecule has 0 radical (unpaired) electrons. The van der Waals surface area contributed by atoms with Crippen LogP contribution in [0.4, 0.5) is 0 Å². The van der Waals surface area contributed by atoms with E-state index in [9.17, 15) is 4.79 Å². The lowest BCUT2D eigenvalue weighted by molar-refractivity contribution is 0.894. The predicted molar refractivity (Wildman–Crippen MR) is 27.7 cm³/mol. The Hall–Kier alpha value is -1.26. The molecule has 1 aromatic heterocycles. The Bertz CT molecular complexity index is 234. The number of aromatic amines is 1. The van der Waals surface area contributed by atoms with E-state index in [4.69, 9.17) is 5.84 Å². The molecule has 5 heteroatoms. The number of nitrogens with zero attached hydrogens (tertiary/aromatic N) is 2. The molecule has 0 atom stereocenters. The highest BCUT2D eigenvalue weighted by Crippen LogP contribution is 1.73. The van der Waals surface area contributed by atoms with Gasteiger partial charge in [-0.2, -0.15) is 9.77 Å². The van der Waals surface area contributed by atoms with Crippen molar-refractivity contribution in [3.05, 3.63) is 16.3 Å². The fraction of sp³-hybridized carbons (Fsp3) is 0.333. The number of rotatable bonds is 0. The monoisotopic (exact) mass is 114 g/mol. The van der Waals surface area contributed by atoms with E-state index in [1.165, 1.54) is 0 Å². The normalized spacial score (nSPS) is 9.62. The maximum absolute atomic E-state index is 10.4. The fourth-order valence-corrected chi connectivity index (χ4v) is 0.383. The second-order valence-corrected chi connectivity index (χ2v) is 1.45. The molecule has 0 aliphatic carbocycles. The number of nitrogen functional groups attached to an aromatic ring is 1. The molecule has 0 aromatic carbocycles. The summed E-state index contributed by atoms with van der Waals surface area (Å²) < 4.78 is 0.944. The van der Waals surface area contributed by atoms with Crippen molar-refractivity contribution >= 4 is 0 Å². The second kappa shape index (κ2) is 1.36. The average molecular weight is 114 g/mol. The first-order valence-corrected chi connectivity index (χ1v) is 2.11. The lowest BCUT2D eigenvalue weighted by atomic mass is 10.7. The third kappa shape index (κ3) is 0.481. The van der Waals surface area contributed by atoms with Crippen LogP contribution in [0.2, 0.25) is 0 Å². The number of H-pyrrole nitrogens is 1. The first kappa shape index (κ1) is 4.89.